The van der Waals surface area contributed by atoms with Crippen molar-refractivity contribution in [1.29, 1.82) is 0 Å². The third kappa shape index (κ3) is 6.19. The van der Waals surface area contributed by atoms with Gasteiger partial charge in [-0.25, -0.2) is 4.98 Å². The standard InChI is InChI=1S/C23H26N2O4/c1-17-23(19-8-4-3-5-9-19)29-22(25-17)12-11-21(26)24-16-18-7-6-10-20(15-18)28-14-13-27-2/h3-10,15H,11-14,16H2,1-2H3,(H,24,26). The van der Waals surface area contributed by atoms with Gasteiger partial charge in [-0.1, -0.05) is 42.5 Å². The number of oxazole rings is 1. The van der Waals surface area contributed by atoms with Crippen molar-refractivity contribution < 1.29 is 18.7 Å². The predicted molar refractivity (Wildman–Crippen MR) is 111 cm³/mol. The summed E-state index contributed by atoms with van der Waals surface area (Å²) in [4.78, 5) is 16.7. The Morgan fingerprint density at radius 2 is 1.93 bits per heavy atom. The van der Waals surface area contributed by atoms with E-state index in [1.807, 2.05) is 61.5 Å². The number of methoxy groups -OCH3 is 1. The Labute approximate surface area is 170 Å². The van der Waals surface area contributed by atoms with E-state index < -0.39 is 0 Å². The Morgan fingerprint density at radius 1 is 1.10 bits per heavy atom. The average molecular weight is 394 g/mol. The number of hydrogen-bond acceptors (Lipinski definition) is 5. The zero-order valence-corrected chi connectivity index (χ0v) is 16.8. The van der Waals surface area contributed by atoms with Gasteiger partial charge in [0.05, 0.1) is 12.3 Å². The summed E-state index contributed by atoms with van der Waals surface area (Å²) in [6, 6.07) is 17.5. The molecule has 6 nitrogen and oxygen atoms in total. The van der Waals surface area contributed by atoms with Gasteiger partial charge in [0, 0.05) is 32.1 Å². The Kier molecular flexibility index (Phi) is 7.41. The summed E-state index contributed by atoms with van der Waals surface area (Å²) in [5, 5.41) is 2.93. The van der Waals surface area contributed by atoms with Crippen LogP contribution in [0.1, 0.15) is 23.6 Å². The third-order valence-electron chi connectivity index (χ3n) is 4.39. The van der Waals surface area contributed by atoms with Crippen LogP contribution in [0.15, 0.2) is 59.0 Å². The average Bonchev–Trinajstić information content (AvgIpc) is 3.12. The van der Waals surface area contributed by atoms with Crippen molar-refractivity contribution >= 4 is 5.91 Å². The van der Waals surface area contributed by atoms with E-state index in [4.69, 9.17) is 13.9 Å². The highest BCUT2D eigenvalue weighted by Crippen LogP contribution is 2.24. The number of carbonyl (C=O) groups excluding carboxylic acids is 1. The first-order chi connectivity index (χ1) is 14.2. The first-order valence-corrected chi connectivity index (χ1v) is 9.65. The van der Waals surface area contributed by atoms with E-state index >= 15 is 0 Å². The van der Waals surface area contributed by atoms with E-state index in [0.717, 1.165) is 28.3 Å². The molecule has 1 amide bonds. The molecule has 3 rings (SSSR count). The van der Waals surface area contributed by atoms with Crippen LogP contribution in [-0.2, 0) is 22.5 Å². The summed E-state index contributed by atoms with van der Waals surface area (Å²) < 4.78 is 16.4. The van der Waals surface area contributed by atoms with E-state index in [1.165, 1.54) is 0 Å². The van der Waals surface area contributed by atoms with Gasteiger partial charge in [0.1, 0.15) is 12.4 Å². The molecule has 2 aromatic carbocycles. The molecule has 1 heterocycles. The van der Waals surface area contributed by atoms with Gasteiger partial charge < -0.3 is 19.2 Å². The fourth-order valence-electron chi connectivity index (χ4n) is 2.91. The Bertz CT molecular complexity index is 922. The van der Waals surface area contributed by atoms with Crippen LogP contribution >= 0.6 is 0 Å². The summed E-state index contributed by atoms with van der Waals surface area (Å²) in [6.45, 7) is 3.39. The van der Waals surface area contributed by atoms with Gasteiger partial charge in [-0.05, 0) is 24.6 Å². The maximum Gasteiger partial charge on any atom is 0.220 e. The van der Waals surface area contributed by atoms with Crippen LogP contribution in [0.5, 0.6) is 5.75 Å². The van der Waals surface area contributed by atoms with Gasteiger partial charge in [-0.15, -0.1) is 0 Å². The molecule has 6 heteroatoms. The second kappa shape index (κ2) is 10.4. The molecule has 0 saturated heterocycles. The molecule has 0 radical (unpaired) electrons. The number of amides is 1. The van der Waals surface area contributed by atoms with E-state index in [9.17, 15) is 4.79 Å². The lowest BCUT2D eigenvalue weighted by Crippen LogP contribution is -2.23. The predicted octanol–water partition coefficient (Wildman–Crippen LogP) is 3.92. The van der Waals surface area contributed by atoms with Crippen LogP contribution < -0.4 is 10.1 Å². The lowest BCUT2D eigenvalue weighted by atomic mass is 10.1. The summed E-state index contributed by atoms with van der Waals surface area (Å²) in [7, 11) is 1.64. The number of nitrogens with one attached hydrogen (secondary N) is 1. The van der Waals surface area contributed by atoms with Crippen LogP contribution in [0.4, 0.5) is 0 Å². The first kappa shape index (κ1) is 20.6. The molecule has 152 valence electrons. The molecule has 0 aliphatic rings. The SMILES string of the molecule is COCCOc1cccc(CNC(=O)CCc2nc(C)c(-c3ccccc3)o2)c1. The lowest BCUT2D eigenvalue weighted by Gasteiger charge is -2.08. The van der Waals surface area contributed by atoms with Crippen molar-refractivity contribution in [3.05, 3.63) is 71.7 Å². The summed E-state index contributed by atoms with van der Waals surface area (Å²) in [6.07, 6.45) is 0.776. The van der Waals surface area contributed by atoms with E-state index in [2.05, 4.69) is 10.3 Å². The van der Waals surface area contributed by atoms with Crippen molar-refractivity contribution in [3.8, 4) is 17.1 Å². The number of benzene rings is 2. The monoisotopic (exact) mass is 394 g/mol. The fraction of sp³-hybridized carbons (Fsp3) is 0.304. The minimum atomic E-state index is -0.0483. The maximum absolute atomic E-state index is 12.2. The number of aryl methyl sites for hydroxylation is 2. The van der Waals surface area contributed by atoms with Gasteiger partial charge in [-0.2, -0.15) is 0 Å². The Balaban J connectivity index is 1.48. The van der Waals surface area contributed by atoms with Crippen molar-refractivity contribution in [1.82, 2.24) is 10.3 Å². The number of rotatable bonds is 10. The molecule has 0 unspecified atom stereocenters. The molecule has 0 aliphatic carbocycles. The maximum atomic E-state index is 12.2. The number of ether oxygens (including phenoxy) is 2. The topological polar surface area (TPSA) is 73.6 Å². The zero-order chi connectivity index (χ0) is 20.5. The molecule has 0 aliphatic heterocycles. The zero-order valence-electron chi connectivity index (χ0n) is 16.8. The quantitative estimate of drug-likeness (QED) is 0.528. The van der Waals surface area contributed by atoms with Crippen LogP contribution in [0.25, 0.3) is 11.3 Å². The van der Waals surface area contributed by atoms with Crippen LogP contribution in [0.3, 0.4) is 0 Å². The Morgan fingerprint density at radius 3 is 2.72 bits per heavy atom. The Hall–Kier alpha value is -3.12. The second-order valence-electron chi connectivity index (χ2n) is 6.65. The molecule has 1 N–H and O–H groups in total. The van der Waals surface area contributed by atoms with Crippen LogP contribution in [0.2, 0.25) is 0 Å². The minimum Gasteiger partial charge on any atom is -0.491 e. The highest BCUT2D eigenvalue weighted by Gasteiger charge is 2.13. The summed E-state index contributed by atoms with van der Waals surface area (Å²) in [5.74, 6) is 2.04. The molecule has 0 bridgehead atoms. The van der Waals surface area contributed by atoms with Crippen LogP contribution in [0, 0.1) is 6.92 Å². The third-order valence-corrected chi connectivity index (χ3v) is 4.39. The largest absolute Gasteiger partial charge is 0.491 e. The molecule has 29 heavy (non-hydrogen) atoms. The number of nitrogens with zero attached hydrogens (tertiary/aromatic N) is 1. The molecule has 0 spiro atoms. The van der Waals surface area contributed by atoms with Gasteiger partial charge >= 0.3 is 0 Å². The summed E-state index contributed by atoms with van der Waals surface area (Å²) in [5.41, 5.74) is 2.80. The molecular weight excluding hydrogens is 368 g/mol. The second-order valence-corrected chi connectivity index (χ2v) is 6.65. The smallest absolute Gasteiger partial charge is 0.220 e. The van der Waals surface area contributed by atoms with E-state index in [1.54, 1.807) is 7.11 Å². The molecule has 3 aromatic rings. The van der Waals surface area contributed by atoms with E-state index in [-0.39, 0.29) is 5.91 Å². The van der Waals surface area contributed by atoms with Gasteiger partial charge in [0.25, 0.3) is 0 Å². The fourth-order valence-corrected chi connectivity index (χ4v) is 2.91. The summed E-state index contributed by atoms with van der Waals surface area (Å²) >= 11 is 0. The van der Waals surface area contributed by atoms with E-state index in [0.29, 0.717) is 38.5 Å². The number of aromatic nitrogens is 1. The van der Waals surface area contributed by atoms with Gasteiger partial charge in [0.15, 0.2) is 11.7 Å². The van der Waals surface area contributed by atoms with Gasteiger partial charge in [0.2, 0.25) is 5.91 Å². The normalized spacial score (nSPS) is 10.7. The van der Waals surface area contributed by atoms with Crippen molar-refractivity contribution in [2.75, 3.05) is 20.3 Å². The highest BCUT2D eigenvalue weighted by molar-refractivity contribution is 5.76. The van der Waals surface area contributed by atoms with Crippen molar-refractivity contribution in [3.63, 3.8) is 0 Å². The van der Waals surface area contributed by atoms with Crippen molar-refractivity contribution in [2.24, 2.45) is 0 Å². The number of carbonyl (C=O) groups is 1. The molecule has 1 aromatic heterocycles. The molecule has 0 saturated carbocycles. The number of hydrogen-bond donors (Lipinski definition) is 1. The highest BCUT2D eigenvalue weighted by atomic mass is 16.5. The first-order valence-electron chi connectivity index (χ1n) is 9.65. The van der Waals surface area contributed by atoms with Crippen molar-refractivity contribution in [2.45, 2.75) is 26.3 Å². The molecular formula is C23H26N2O4. The molecule has 0 fully saturated rings. The lowest BCUT2D eigenvalue weighted by molar-refractivity contribution is -0.121. The molecule has 0 atom stereocenters. The van der Waals surface area contributed by atoms with Gasteiger partial charge in [-0.3, -0.25) is 4.79 Å². The minimum absolute atomic E-state index is 0.0483. The van der Waals surface area contributed by atoms with Crippen LogP contribution in [-0.4, -0.2) is 31.2 Å².